The molecule has 1 amide bonds. The molecule has 1 aliphatic rings. The molecule has 0 radical (unpaired) electrons. The molecule has 120 valence electrons. The van der Waals surface area contributed by atoms with E-state index in [1.54, 1.807) is 12.1 Å². The topological polar surface area (TPSA) is 99.7 Å². The summed E-state index contributed by atoms with van der Waals surface area (Å²) < 4.78 is 26.9. The maximum absolute atomic E-state index is 12.2. The lowest BCUT2D eigenvalue weighted by molar-refractivity contribution is -0.118. The molecule has 3 N–H and O–H groups in total. The molecule has 7 nitrogen and oxygen atoms in total. The molecule has 2 rings (SSSR count). The monoisotopic (exact) mass is 324 g/mol. The molecule has 0 aliphatic carbocycles. The Bertz CT molecular complexity index is 698. The third-order valence-corrected chi connectivity index (χ3v) is 4.59. The fourth-order valence-electron chi connectivity index (χ4n) is 2.05. The van der Waals surface area contributed by atoms with Gasteiger partial charge in [0.1, 0.15) is 4.90 Å². The Morgan fingerprint density at radius 1 is 1.36 bits per heavy atom. The molecule has 0 bridgehead atoms. The molecule has 0 spiro atoms. The van der Waals surface area contributed by atoms with Crippen molar-refractivity contribution in [2.45, 2.75) is 31.6 Å². The van der Waals surface area contributed by atoms with Crippen molar-refractivity contribution >= 4 is 27.6 Å². The van der Waals surface area contributed by atoms with E-state index in [9.17, 15) is 13.2 Å². The Morgan fingerprint density at radius 3 is 2.82 bits per heavy atom. The van der Waals surface area contributed by atoms with E-state index in [-0.39, 0.29) is 16.8 Å². The van der Waals surface area contributed by atoms with E-state index < -0.39 is 10.0 Å². The van der Waals surface area contributed by atoms with Crippen molar-refractivity contribution in [3.63, 3.8) is 0 Å². The zero-order valence-electron chi connectivity index (χ0n) is 12.6. The van der Waals surface area contributed by atoms with Crippen LogP contribution in [0.15, 0.2) is 28.1 Å². The first-order valence-corrected chi connectivity index (χ1v) is 8.62. The minimum atomic E-state index is -3.59. The van der Waals surface area contributed by atoms with E-state index in [0.717, 1.165) is 12.0 Å². The maximum Gasteiger partial charge on any atom is 0.266 e. The van der Waals surface area contributed by atoms with E-state index in [1.165, 1.54) is 6.92 Å². The molecule has 8 heteroatoms. The first kappa shape index (κ1) is 16.3. The second kappa shape index (κ2) is 6.78. The number of hydrogen-bond acceptors (Lipinski definition) is 4. The molecule has 0 saturated heterocycles. The van der Waals surface area contributed by atoms with Gasteiger partial charge in [0.25, 0.3) is 10.0 Å². The van der Waals surface area contributed by atoms with Crippen molar-refractivity contribution in [2.75, 3.05) is 18.4 Å². The maximum atomic E-state index is 12.2. The van der Waals surface area contributed by atoms with Crippen LogP contribution in [0.25, 0.3) is 0 Å². The highest BCUT2D eigenvalue weighted by Gasteiger charge is 2.26. The Labute approximate surface area is 130 Å². The molecule has 22 heavy (non-hydrogen) atoms. The highest BCUT2D eigenvalue weighted by atomic mass is 32.2. The van der Waals surface area contributed by atoms with Crippen molar-refractivity contribution in [1.29, 1.82) is 0 Å². The minimum Gasteiger partial charge on any atom is -0.356 e. The number of carbonyl (C=O) groups is 1. The normalized spacial score (nSPS) is 17.3. The second-order valence-corrected chi connectivity index (χ2v) is 6.63. The second-order valence-electron chi connectivity index (χ2n) is 4.98. The molecular weight excluding hydrogens is 304 g/mol. The number of hydrogen-bond donors (Lipinski definition) is 3. The number of carbonyl (C=O) groups excluding carboxylic acids is 1. The van der Waals surface area contributed by atoms with Crippen molar-refractivity contribution in [1.82, 2.24) is 10.0 Å². The lowest BCUT2D eigenvalue weighted by Crippen LogP contribution is -2.41. The van der Waals surface area contributed by atoms with Gasteiger partial charge in [-0.05, 0) is 30.5 Å². The van der Waals surface area contributed by atoms with E-state index in [4.69, 9.17) is 0 Å². The highest BCUT2D eigenvalue weighted by Crippen LogP contribution is 2.25. The Balaban J connectivity index is 2.08. The average Bonchev–Trinajstić information content (AvgIpc) is 2.45. The lowest BCUT2D eigenvalue weighted by Gasteiger charge is -2.22. The molecule has 0 atom stereocenters. The summed E-state index contributed by atoms with van der Waals surface area (Å²) in [5.74, 6) is 0.115. The number of guanidine groups is 1. The SMILES string of the molecule is CCc1ccc2c(c1)S(=O)(=O)NC(=NCCCNC(C)=O)N2. The number of sulfonamides is 1. The summed E-state index contributed by atoms with van der Waals surface area (Å²) in [5.41, 5.74) is 1.48. The molecule has 0 unspecified atom stereocenters. The summed E-state index contributed by atoms with van der Waals surface area (Å²) in [7, 11) is -3.59. The van der Waals surface area contributed by atoms with Crippen LogP contribution in [0.4, 0.5) is 5.69 Å². The van der Waals surface area contributed by atoms with Crippen molar-refractivity contribution in [3.05, 3.63) is 23.8 Å². The van der Waals surface area contributed by atoms with E-state index >= 15 is 0 Å². The third-order valence-electron chi connectivity index (χ3n) is 3.21. The van der Waals surface area contributed by atoms with Crippen LogP contribution < -0.4 is 15.4 Å². The largest absolute Gasteiger partial charge is 0.356 e. The van der Waals surface area contributed by atoms with Crippen LogP contribution in [0, 0.1) is 0 Å². The smallest absolute Gasteiger partial charge is 0.266 e. The molecule has 1 heterocycles. The number of amides is 1. The summed E-state index contributed by atoms with van der Waals surface area (Å²) in [4.78, 5) is 15.2. The summed E-state index contributed by atoms with van der Waals surface area (Å²) in [5, 5.41) is 5.64. The average molecular weight is 324 g/mol. The van der Waals surface area contributed by atoms with Gasteiger partial charge in [0.2, 0.25) is 11.9 Å². The third kappa shape index (κ3) is 3.97. The highest BCUT2D eigenvalue weighted by molar-refractivity contribution is 7.90. The predicted octanol–water partition coefficient (Wildman–Crippen LogP) is 0.835. The standard InChI is InChI=1S/C14H20N4O3S/c1-3-11-5-6-12-13(9-11)22(20,21)18-14(17-12)16-8-4-7-15-10(2)19/h5-6,9H,3-4,7-8H2,1-2H3,(H,15,19)(H2,16,17,18). The fourth-order valence-corrected chi connectivity index (χ4v) is 3.25. The number of benzene rings is 1. The minimum absolute atomic E-state index is 0.0928. The van der Waals surface area contributed by atoms with Gasteiger partial charge in [-0.3, -0.25) is 9.79 Å². The quantitative estimate of drug-likeness (QED) is 0.699. The van der Waals surface area contributed by atoms with Gasteiger partial charge in [-0.15, -0.1) is 0 Å². The summed E-state index contributed by atoms with van der Waals surface area (Å²) in [6, 6.07) is 5.30. The molecule has 0 aromatic heterocycles. The van der Waals surface area contributed by atoms with Crippen LogP contribution in [0.1, 0.15) is 25.8 Å². The number of aryl methyl sites for hydroxylation is 1. The van der Waals surface area contributed by atoms with E-state index in [2.05, 4.69) is 20.3 Å². The number of aliphatic imine (C=N–C) groups is 1. The molecule has 1 aliphatic heterocycles. The van der Waals surface area contributed by atoms with Gasteiger partial charge in [0.05, 0.1) is 5.69 Å². The zero-order chi connectivity index (χ0) is 16.2. The number of rotatable bonds is 5. The number of anilines is 1. The van der Waals surface area contributed by atoms with Gasteiger partial charge >= 0.3 is 0 Å². The predicted molar refractivity (Wildman–Crippen MR) is 85.4 cm³/mol. The number of nitrogens with zero attached hydrogens (tertiary/aromatic N) is 1. The van der Waals surface area contributed by atoms with E-state index in [0.29, 0.717) is 25.2 Å². The van der Waals surface area contributed by atoms with Crippen LogP contribution in [-0.2, 0) is 21.2 Å². The number of fused-ring (bicyclic) bond motifs is 1. The van der Waals surface area contributed by atoms with Crippen LogP contribution in [0.3, 0.4) is 0 Å². The Morgan fingerprint density at radius 2 is 2.14 bits per heavy atom. The molecule has 1 aromatic carbocycles. The Hall–Kier alpha value is -2.09. The molecule has 0 saturated carbocycles. The van der Waals surface area contributed by atoms with Gasteiger partial charge in [-0.2, -0.15) is 0 Å². The van der Waals surface area contributed by atoms with Crippen molar-refractivity contribution in [3.8, 4) is 0 Å². The molecule has 1 aromatic rings. The van der Waals surface area contributed by atoms with Crippen LogP contribution >= 0.6 is 0 Å². The van der Waals surface area contributed by atoms with Crippen molar-refractivity contribution < 1.29 is 13.2 Å². The summed E-state index contributed by atoms with van der Waals surface area (Å²) in [6.45, 7) is 4.34. The number of nitrogens with one attached hydrogen (secondary N) is 3. The van der Waals surface area contributed by atoms with Crippen LogP contribution in [0.2, 0.25) is 0 Å². The molecule has 0 fully saturated rings. The van der Waals surface area contributed by atoms with Gasteiger partial charge in [-0.25, -0.2) is 13.1 Å². The van der Waals surface area contributed by atoms with Gasteiger partial charge < -0.3 is 10.6 Å². The zero-order valence-corrected chi connectivity index (χ0v) is 13.5. The van der Waals surface area contributed by atoms with E-state index in [1.807, 2.05) is 13.0 Å². The van der Waals surface area contributed by atoms with Gasteiger partial charge in [0, 0.05) is 20.0 Å². The lowest BCUT2D eigenvalue weighted by atomic mass is 10.1. The summed E-state index contributed by atoms with van der Waals surface area (Å²) in [6.07, 6.45) is 1.40. The van der Waals surface area contributed by atoms with Crippen molar-refractivity contribution in [2.24, 2.45) is 4.99 Å². The summed E-state index contributed by atoms with van der Waals surface area (Å²) >= 11 is 0. The fraction of sp³-hybridized carbons (Fsp3) is 0.429. The first-order chi connectivity index (χ1) is 10.4. The first-order valence-electron chi connectivity index (χ1n) is 7.14. The molecular formula is C14H20N4O3S. The Kier molecular flexibility index (Phi) is 5.02. The van der Waals surface area contributed by atoms with Gasteiger partial charge in [-0.1, -0.05) is 13.0 Å². The van der Waals surface area contributed by atoms with Crippen LogP contribution in [-0.4, -0.2) is 33.4 Å². The van der Waals surface area contributed by atoms with Crippen LogP contribution in [0.5, 0.6) is 0 Å². The van der Waals surface area contributed by atoms with Gasteiger partial charge in [0.15, 0.2) is 0 Å².